The quantitative estimate of drug-likeness (QED) is 0.581. The summed E-state index contributed by atoms with van der Waals surface area (Å²) in [5.74, 6) is 5.30. The molecule has 19 heavy (non-hydrogen) atoms. The fraction of sp³-hybridized carbons (Fsp3) is 0.0833. The number of hydrogen-bond donors (Lipinski definition) is 3. The SMILES string of the molecule is Cc1ccccc1NS(=O)(=O)c1cnccc1NN. The summed E-state index contributed by atoms with van der Waals surface area (Å²) in [6.45, 7) is 1.82. The van der Waals surface area contributed by atoms with Crippen LogP contribution in [-0.2, 0) is 10.0 Å². The third-order valence-electron chi connectivity index (χ3n) is 2.62. The van der Waals surface area contributed by atoms with E-state index in [0.29, 0.717) is 5.69 Å². The van der Waals surface area contributed by atoms with Gasteiger partial charge in [0.25, 0.3) is 10.0 Å². The third-order valence-corrected chi connectivity index (χ3v) is 4.01. The van der Waals surface area contributed by atoms with Crippen molar-refractivity contribution in [3.63, 3.8) is 0 Å². The number of nitrogens with two attached hydrogens (primary N) is 1. The Morgan fingerprint density at radius 3 is 2.58 bits per heavy atom. The molecule has 100 valence electrons. The Balaban J connectivity index is 2.41. The molecule has 6 nitrogen and oxygen atoms in total. The van der Waals surface area contributed by atoms with Crippen molar-refractivity contribution in [2.45, 2.75) is 11.8 Å². The molecule has 0 aliphatic carbocycles. The van der Waals surface area contributed by atoms with E-state index in [1.807, 2.05) is 19.1 Å². The van der Waals surface area contributed by atoms with Gasteiger partial charge < -0.3 is 5.43 Å². The zero-order chi connectivity index (χ0) is 13.9. The molecule has 0 aliphatic rings. The molecule has 0 saturated heterocycles. The van der Waals surface area contributed by atoms with E-state index in [4.69, 9.17) is 5.84 Å². The van der Waals surface area contributed by atoms with Crippen LogP contribution in [0.4, 0.5) is 11.4 Å². The molecule has 4 N–H and O–H groups in total. The zero-order valence-electron chi connectivity index (χ0n) is 10.3. The molecule has 7 heteroatoms. The lowest BCUT2D eigenvalue weighted by Crippen LogP contribution is -2.18. The summed E-state index contributed by atoms with van der Waals surface area (Å²) in [7, 11) is -3.73. The number of pyridine rings is 1. The molecule has 1 aromatic heterocycles. The van der Waals surface area contributed by atoms with Crippen molar-refractivity contribution in [2.75, 3.05) is 10.1 Å². The molecule has 0 amide bonds. The van der Waals surface area contributed by atoms with Gasteiger partial charge in [-0.2, -0.15) is 0 Å². The molecule has 0 spiro atoms. The van der Waals surface area contributed by atoms with Gasteiger partial charge in [-0.15, -0.1) is 0 Å². The Hall–Kier alpha value is -2.12. The van der Waals surface area contributed by atoms with Crippen LogP contribution in [0, 0.1) is 6.92 Å². The van der Waals surface area contributed by atoms with Crippen LogP contribution in [0.25, 0.3) is 0 Å². The van der Waals surface area contributed by atoms with Gasteiger partial charge in [-0.05, 0) is 24.6 Å². The van der Waals surface area contributed by atoms with Gasteiger partial charge in [0, 0.05) is 12.4 Å². The highest BCUT2D eigenvalue weighted by Gasteiger charge is 2.19. The van der Waals surface area contributed by atoms with Gasteiger partial charge >= 0.3 is 0 Å². The van der Waals surface area contributed by atoms with E-state index in [0.717, 1.165) is 5.56 Å². The van der Waals surface area contributed by atoms with Gasteiger partial charge in [0.1, 0.15) is 4.90 Å². The molecule has 0 radical (unpaired) electrons. The standard InChI is InChI=1S/C12H14N4O2S/c1-9-4-2-3-5-10(9)16-19(17,18)12-8-14-7-6-11(12)15-13/h2-8,16H,13H2,1H3,(H,14,15). The number of hydrazine groups is 1. The number of sulfonamides is 1. The highest BCUT2D eigenvalue weighted by atomic mass is 32.2. The minimum Gasteiger partial charge on any atom is -0.323 e. The van der Waals surface area contributed by atoms with Crippen LogP contribution < -0.4 is 16.0 Å². The van der Waals surface area contributed by atoms with Crippen LogP contribution in [0.3, 0.4) is 0 Å². The molecule has 0 saturated carbocycles. The van der Waals surface area contributed by atoms with Gasteiger partial charge in [-0.25, -0.2) is 8.42 Å². The Kier molecular flexibility index (Phi) is 3.68. The van der Waals surface area contributed by atoms with Crippen LogP contribution in [0.15, 0.2) is 47.6 Å². The summed E-state index contributed by atoms with van der Waals surface area (Å²) in [6, 6.07) is 8.61. The van der Waals surface area contributed by atoms with E-state index in [1.165, 1.54) is 18.5 Å². The normalized spacial score (nSPS) is 11.1. The summed E-state index contributed by atoms with van der Waals surface area (Å²) < 4.78 is 27.1. The molecule has 0 bridgehead atoms. The van der Waals surface area contributed by atoms with Crippen LogP contribution in [0.1, 0.15) is 5.56 Å². The summed E-state index contributed by atoms with van der Waals surface area (Å²) in [6.07, 6.45) is 2.71. The first-order chi connectivity index (χ1) is 9.04. The molecule has 0 unspecified atom stereocenters. The van der Waals surface area contributed by atoms with E-state index in [2.05, 4.69) is 15.1 Å². The van der Waals surface area contributed by atoms with Gasteiger partial charge in [-0.3, -0.25) is 15.5 Å². The molecule has 2 rings (SSSR count). The molecule has 1 heterocycles. The largest absolute Gasteiger partial charge is 0.323 e. The summed E-state index contributed by atoms with van der Waals surface area (Å²) in [5.41, 5.74) is 3.98. The first-order valence-electron chi connectivity index (χ1n) is 5.53. The fourth-order valence-corrected chi connectivity index (χ4v) is 2.85. The molecule has 0 fully saturated rings. The third kappa shape index (κ3) is 2.83. The van der Waals surface area contributed by atoms with Crippen LogP contribution in [-0.4, -0.2) is 13.4 Å². The van der Waals surface area contributed by atoms with Crippen molar-refractivity contribution in [1.82, 2.24) is 4.98 Å². The van der Waals surface area contributed by atoms with Crippen molar-refractivity contribution in [3.8, 4) is 0 Å². The van der Waals surface area contributed by atoms with Crippen LogP contribution in [0.5, 0.6) is 0 Å². The Morgan fingerprint density at radius 1 is 1.16 bits per heavy atom. The Bertz CT molecular complexity index is 686. The number of aromatic nitrogens is 1. The average molecular weight is 278 g/mol. The lowest BCUT2D eigenvalue weighted by molar-refractivity contribution is 0.601. The molecular formula is C12H14N4O2S. The lowest BCUT2D eigenvalue weighted by Gasteiger charge is -2.12. The Labute approximate surface area is 111 Å². The maximum atomic E-state index is 12.3. The van der Waals surface area contributed by atoms with Gasteiger partial charge in [0.05, 0.1) is 11.4 Å². The van der Waals surface area contributed by atoms with E-state index in [-0.39, 0.29) is 10.6 Å². The number of para-hydroxylation sites is 1. The Morgan fingerprint density at radius 2 is 1.89 bits per heavy atom. The van der Waals surface area contributed by atoms with E-state index in [9.17, 15) is 8.42 Å². The molecule has 1 aromatic carbocycles. The minimum absolute atomic E-state index is 0.000697. The van der Waals surface area contributed by atoms with Crippen LogP contribution >= 0.6 is 0 Å². The first-order valence-corrected chi connectivity index (χ1v) is 7.02. The number of aryl methyl sites for hydroxylation is 1. The molecular weight excluding hydrogens is 264 g/mol. The maximum absolute atomic E-state index is 12.3. The van der Waals surface area contributed by atoms with E-state index >= 15 is 0 Å². The second-order valence-corrected chi connectivity index (χ2v) is 5.59. The fourth-order valence-electron chi connectivity index (χ4n) is 1.60. The smallest absolute Gasteiger partial charge is 0.265 e. The zero-order valence-corrected chi connectivity index (χ0v) is 11.1. The monoisotopic (exact) mass is 278 g/mol. The number of nitrogens with zero attached hydrogens (tertiary/aromatic N) is 1. The van der Waals surface area contributed by atoms with Crippen molar-refractivity contribution >= 4 is 21.4 Å². The first kappa shape index (κ1) is 13.3. The average Bonchev–Trinajstić information content (AvgIpc) is 2.41. The molecule has 0 aliphatic heterocycles. The summed E-state index contributed by atoms with van der Waals surface area (Å²) >= 11 is 0. The highest BCUT2D eigenvalue weighted by molar-refractivity contribution is 7.92. The van der Waals surface area contributed by atoms with Gasteiger partial charge in [-0.1, -0.05) is 18.2 Å². The van der Waals surface area contributed by atoms with Crippen LogP contribution in [0.2, 0.25) is 0 Å². The second-order valence-electron chi connectivity index (χ2n) is 3.94. The van der Waals surface area contributed by atoms with Crippen molar-refractivity contribution in [2.24, 2.45) is 5.84 Å². The number of nitrogens with one attached hydrogen (secondary N) is 2. The van der Waals surface area contributed by atoms with Crippen molar-refractivity contribution < 1.29 is 8.42 Å². The van der Waals surface area contributed by atoms with Gasteiger partial charge in [0.15, 0.2) is 0 Å². The lowest BCUT2D eigenvalue weighted by atomic mass is 10.2. The maximum Gasteiger partial charge on any atom is 0.265 e. The predicted molar refractivity (Wildman–Crippen MR) is 74.0 cm³/mol. The van der Waals surface area contributed by atoms with Crippen molar-refractivity contribution in [3.05, 3.63) is 48.3 Å². The number of nitrogen functional groups attached to an aromatic ring is 1. The predicted octanol–water partition coefficient (Wildman–Crippen LogP) is 1.48. The van der Waals surface area contributed by atoms with Gasteiger partial charge in [0.2, 0.25) is 0 Å². The topological polar surface area (TPSA) is 97.1 Å². The molecule has 2 aromatic rings. The number of rotatable bonds is 4. The number of benzene rings is 1. The molecule has 0 atom stereocenters. The van der Waals surface area contributed by atoms with E-state index < -0.39 is 10.0 Å². The second kappa shape index (κ2) is 5.25. The highest BCUT2D eigenvalue weighted by Crippen LogP contribution is 2.23. The summed E-state index contributed by atoms with van der Waals surface area (Å²) in [5, 5.41) is 0. The van der Waals surface area contributed by atoms with E-state index in [1.54, 1.807) is 12.1 Å². The number of hydrogen-bond acceptors (Lipinski definition) is 5. The van der Waals surface area contributed by atoms with Crippen molar-refractivity contribution in [1.29, 1.82) is 0 Å². The summed E-state index contributed by atoms with van der Waals surface area (Å²) in [4.78, 5) is 3.81. The minimum atomic E-state index is -3.73. The number of anilines is 2.